The van der Waals surface area contributed by atoms with Crippen LogP contribution in [0, 0.1) is 0 Å². The van der Waals surface area contributed by atoms with Crippen LogP contribution in [0.2, 0.25) is 0 Å². The van der Waals surface area contributed by atoms with E-state index in [0.717, 1.165) is 37.2 Å². The van der Waals surface area contributed by atoms with Gasteiger partial charge in [-0.2, -0.15) is 5.10 Å². The Morgan fingerprint density at radius 1 is 1.04 bits per heavy atom. The third-order valence-corrected chi connectivity index (χ3v) is 4.53. The average molecular weight is 334 g/mol. The van der Waals surface area contributed by atoms with Crippen molar-refractivity contribution in [3.05, 3.63) is 51.8 Å². The fourth-order valence-electron chi connectivity index (χ4n) is 3.07. The number of aromatic nitrogens is 2. The molecule has 0 N–H and O–H groups in total. The van der Waals surface area contributed by atoms with E-state index in [1.165, 1.54) is 15.8 Å². The number of halogens is 1. The largest absolute Gasteiger partial charge is 0.300 e. The topological polar surface area (TPSA) is 38.1 Å². The van der Waals surface area contributed by atoms with E-state index < -0.39 is 0 Å². The normalized spacial score (nSPS) is 15.0. The second-order valence-corrected chi connectivity index (χ2v) is 6.29. The van der Waals surface area contributed by atoms with Crippen molar-refractivity contribution in [2.45, 2.75) is 32.7 Å². The van der Waals surface area contributed by atoms with Crippen molar-refractivity contribution in [3.8, 4) is 11.3 Å². The van der Waals surface area contributed by atoms with Crippen LogP contribution in [-0.2, 0) is 19.9 Å². The van der Waals surface area contributed by atoms with Crippen LogP contribution in [0.3, 0.4) is 0 Å². The van der Waals surface area contributed by atoms with E-state index in [1.54, 1.807) is 19.2 Å². The Hall–Kier alpha value is -1.65. The second kappa shape index (κ2) is 7.28. The summed E-state index contributed by atoms with van der Waals surface area (Å²) in [6, 6.07) is 10.6. The Morgan fingerprint density at radius 2 is 1.74 bits per heavy atom. The molecule has 0 spiro atoms. The number of benzene rings is 1. The van der Waals surface area contributed by atoms with Gasteiger partial charge in [-0.05, 0) is 49.9 Å². The average Bonchev–Trinajstić information content (AvgIpc) is 2.72. The standard InChI is InChI=1S/C18H23N3O.ClH/c1-13(2)21-10-8-14-4-5-16(12-15(14)9-11-21)17-6-7-18(22)20(3)19-17;/h4-7,12-13H,8-11H2,1-3H3;1H. The molecule has 0 amide bonds. The van der Waals surface area contributed by atoms with Gasteiger partial charge in [0, 0.05) is 37.8 Å². The lowest BCUT2D eigenvalue weighted by Crippen LogP contribution is -2.32. The highest BCUT2D eigenvalue weighted by Gasteiger charge is 2.16. The van der Waals surface area contributed by atoms with Crippen LogP contribution < -0.4 is 5.56 Å². The van der Waals surface area contributed by atoms with Gasteiger partial charge in [-0.15, -0.1) is 12.4 Å². The molecule has 124 valence electrons. The van der Waals surface area contributed by atoms with Gasteiger partial charge in [0.2, 0.25) is 0 Å². The van der Waals surface area contributed by atoms with E-state index in [-0.39, 0.29) is 18.0 Å². The fraction of sp³-hybridized carbons (Fsp3) is 0.444. The van der Waals surface area contributed by atoms with Crippen molar-refractivity contribution in [3.63, 3.8) is 0 Å². The number of hydrogen-bond donors (Lipinski definition) is 0. The van der Waals surface area contributed by atoms with Gasteiger partial charge >= 0.3 is 0 Å². The molecule has 0 radical (unpaired) electrons. The van der Waals surface area contributed by atoms with Gasteiger partial charge in [-0.3, -0.25) is 4.79 Å². The number of hydrogen-bond acceptors (Lipinski definition) is 3. The Balaban J connectivity index is 0.00000192. The summed E-state index contributed by atoms with van der Waals surface area (Å²) in [6.07, 6.45) is 2.18. The van der Waals surface area contributed by atoms with E-state index >= 15 is 0 Å². The lowest BCUT2D eigenvalue weighted by atomic mass is 9.99. The zero-order valence-corrected chi connectivity index (χ0v) is 14.8. The van der Waals surface area contributed by atoms with Gasteiger partial charge < -0.3 is 4.90 Å². The van der Waals surface area contributed by atoms with Gasteiger partial charge in [0.05, 0.1) is 5.69 Å². The van der Waals surface area contributed by atoms with E-state index in [2.05, 4.69) is 42.0 Å². The first-order valence-electron chi connectivity index (χ1n) is 7.95. The predicted octanol–water partition coefficient (Wildman–Crippen LogP) is 2.68. The van der Waals surface area contributed by atoms with Crippen LogP contribution in [0.5, 0.6) is 0 Å². The SMILES string of the molecule is CC(C)N1CCc2ccc(-c3ccc(=O)n(C)n3)cc2CC1.Cl. The molecule has 3 rings (SSSR count). The van der Waals surface area contributed by atoms with Crippen molar-refractivity contribution >= 4 is 12.4 Å². The lowest BCUT2D eigenvalue weighted by Gasteiger charge is -2.23. The number of fused-ring (bicyclic) bond motifs is 1. The Bertz CT molecular complexity index is 739. The maximum atomic E-state index is 11.5. The smallest absolute Gasteiger partial charge is 0.266 e. The first-order valence-corrected chi connectivity index (χ1v) is 7.95. The molecule has 1 aliphatic heterocycles. The van der Waals surface area contributed by atoms with Crippen LogP contribution >= 0.6 is 12.4 Å². The summed E-state index contributed by atoms with van der Waals surface area (Å²) in [5.74, 6) is 0. The monoisotopic (exact) mass is 333 g/mol. The zero-order chi connectivity index (χ0) is 15.7. The molecule has 0 unspecified atom stereocenters. The van der Waals surface area contributed by atoms with Crippen LogP contribution in [0.25, 0.3) is 11.3 Å². The third kappa shape index (κ3) is 3.82. The molecule has 1 aromatic carbocycles. The summed E-state index contributed by atoms with van der Waals surface area (Å²) < 4.78 is 1.39. The first kappa shape index (κ1) is 17.7. The first-order chi connectivity index (χ1) is 10.5. The lowest BCUT2D eigenvalue weighted by molar-refractivity contribution is 0.233. The molecule has 0 fully saturated rings. The predicted molar refractivity (Wildman–Crippen MR) is 96.3 cm³/mol. The summed E-state index contributed by atoms with van der Waals surface area (Å²) in [4.78, 5) is 14.0. The highest BCUT2D eigenvalue weighted by Crippen LogP contribution is 2.23. The molecule has 0 aliphatic carbocycles. The van der Waals surface area contributed by atoms with Crippen molar-refractivity contribution in [2.75, 3.05) is 13.1 Å². The van der Waals surface area contributed by atoms with Crippen molar-refractivity contribution in [1.29, 1.82) is 0 Å². The minimum absolute atomic E-state index is 0. The summed E-state index contributed by atoms with van der Waals surface area (Å²) in [5, 5.41) is 4.35. The molecular formula is C18H24ClN3O. The molecule has 1 aliphatic rings. The number of rotatable bonds is 2. The van der Waals surface area contributed by atoms with Crippen LogP contribution in [0.15, 0.2) is 35.1 Å². The highest BCUT2D eigenvalue weighted by atomic mass is 35.5. The summed E-state index contributed by atoms with van der Waals surface area (Å²) >= 11 is 0. The van der Waals surface area contributed by atoms with E-state index in [1.807, 2.05) is 0 Å². The van der Waals surface area contributed by atoms with Gasteiger partial charge in [0.1, 0.15) is 0 Å². The van der Waals surface area contributed by atoms with E-state index in [9.17, 15) is 4.79 Å². The summed E-state index contributed by atoms with van der Waals surface area (Å²) in [6.45, 7) is 6.75. The highest BCUT2D eigenvalue weighted by molar-refractivity contribution is 5.85. The Labute approximate surface area is 143 Å². The molecular weight excluding hydrogens is 310 g/mol. The van der Waals surface area contributed by atoms with Crippen LogP contribution in [0.4, 0.5) is 0 Å². The van der Waals surface area contributed by atoms with Gasteiger partial charge in [0.15, 0.2) is 0 Å². The molecule has 2 aromatic rings. The van der Waals surface area contributed by atoms with Crippen LogP contribution in [0.1, 0.15) is 25.0 Å². The quantitative estimate of drug-likeness (QED) is 0.848. The van der Waals surface area contributed by atoms with E-state index in [4.69, 9.17) is 0 Å². The minimum atomic E-state index is -0.0777. The summed E-state index contributed by atoms with van der Waals surface area (Å²) in [5.41, 5.74) is 4.72. The van der Waals surface area contributed by atoms with Crippen molar-refractivity contribution in [2.24, 2.45) is 7.05 Å². The number of nitrogens with zero attached hydrogens (tertiary/aromatic N) is 3. The minimum Gasteiger partial charge on any atom is -0.300 e. The Kier molecular flexibility index (Phi) is 5.60. The van der Waals surface area contributed by atoms with Crippen molar-refractivity contribution < 1.29 is 0 Å². The second-order valence-electron chi connectivity index (χ2n) is 6.29. The Morgan fingerprint density at radius 3 is 2.39 bits per heavy atom. The molecule has 5 heteroatoms. The van der Waals surface area contributed by atoms with Crippen molar-refractivity contribution in [1.82, 2.24) is 14.7 Å². The van der Waals surface area contributed by atoms with Gasteiger partial charge in [-0.25, -0.2) is 4.68 Å². The zero-order valence-electron chi connectivity index (χ0n) is 14.0. The molecule has 23 heavy (non-hydrogen) atoms. The molecule has 1 aromatic heterocycles. The maximum absolute atomic E-state index is 11.5. The summed E-state index contributed by atoms with van der Waals surface area (Å²) in [7, 11) is 1.69. The van der Waals surface area contributed by atoms with Gasteiger partial charge in [0.25, 0.3) is 5.56 Å². The molecule has 2 heterocycles. The number of aryl methyl sites for hydroxylation is 1. The molecule has 4 nitrogen and oxygen atoms in total. The fourth-order valence-corrected chi connectivity index (χ4v) is 3.07. The molecule has 0 bridgehead atoms. The third-order valence-electron chi connectivity index (χ3n) is 4.53. The maximum Gasteiger partial charge on any atom is 0.266 e. The van der Waals surface area contributed by atoms with E-state index in [0.29, 0.717) is 6.04 Å². The molecule has 0 saturated carbocycles. The van der Waals surface area contributed by atoms with Crippen LogP contribution in [-0.4, -0.2) is 33.8 Å². The van der Waals surface area contributed by atoms with Gasteiger partial charge in [-0.1, -0.05) is 12.1 Å². The molecule has 0 saturated heterocycles. The molecule has 0 atom stereocenters.